The highest BCUT2D eigenvalue weighted by molar-refractivity contribution is 6.06. The van der Waals surface area contributed by atoms with Crippen LogP contribution in [-0.2, 0) is 0 Å². The van der Waals surface area contributed by atoms with Gasteiger partial charge >= 0.3 is 0 Å². The van der Waals surface area contributed by atoms with Crippen LogP contribution in [0, 0.1) is 5.92 Å². The van der Waals surface area contributed by atoms with Crippen molar-refractivity contribution in [3.8, 4) is 11.1 Å². The van der Waals surface area contributed by atoms with Gasteiger partial charge in [-0.1, -0.05) is 49.4 Å². The molecule has 1 aliphatic heterocycles. The summed E-state index contributed by atoms with van der Waals surface area (Å²) in [5.74, 6) is 0.386. The third-order valence-electron chi connectivity index (χ3n) is 6.30. The number of anilines is 2. The lowest BCUT2D eigenvalue weighted by Crippen LogP contribution is -2.36. The predicted molar refractivity (Wildman–Crippen MR) is 139 cm³/mol. The number of nitrogens with zero attached hydrogens (tertiary/aromatic N) is 1. The van der Waals surface area contributed by atoms with E-state index in [1.807, 2.05) is 80.6 Å². The minimum atomic E-state index is -0.200. The van der Waals surface area contributed by atoms with E-state index in [9.17, 15) is 9.59 Å². The molecule has 4 rings (SSSR count). The fraction of sp³-hybridized carbons (Fsp3) is 0.310. The van der Waals surface area contributed by atoms with Crippen molar-refractivity contribution >= 4 is 23.2 Å². The lowest BCUT2D eigenvalue weighted by Gasteiger charge is -2.33. The zero-order valence-electron chi connectivity index (χ0n) is 20.2. The zero-order chi connectivity index (χ0) is 24.1. The van der Waals surface area contributed by atoms with Crippen LogP contribution in [0.25, 0.3) is 11.1 Å². The maximum absolute atomic E-state index is 13.0. The molecule has 0 bridgehead atoms. The first-order valence-corrected chi connectivity index (χ1v) is 12.1. The molecule has 0 spiro atoms. The summed E-state index contributed by atoms with van der Waals surface area (Å²) in [4.78, 5) is 28.2. The fourth-order valence-corrected chi connectivity index (χ4v) is 4.31. The van der Waals surface area contributed by atoms with Crippen LogP contribution in [0.3, 0.4) is 0 Å². The second-order valence-corrected chi connectivity index (χ2v) is 9.43. The van der Waals surface area contributed by atoms with Crippen LogP contribution >= 0.6 is 0 Å². The Kier molecular flexibility index (Phi) is 7.31. The normalized spacial score (nSPS) is 14.2. The summed E-state index contributed by atoms with van der Waals surface area (Å²) >= 11 is 0. The molecule has 3 aromatic carbocycles. The summed E-state index contributed by atoms with van der Waals surface area (Å²) in [7, 11) is 0. The van der Waals surface area contributed by atoms with Gasteiger partial charge in [0.05, 0.1) is 5.56 Å². The van der Waals surface area contributed by atoms with Gasteiger partial charge in [-0.15, -0.1) is 0 Å². The number of nitrogens with one attached hydrogen (secondary N) is 2. The molecule has 5 heteroatoms. The van der Waals surface area contributed by atoms with Crippen molar-refractivity contribution in [1.82, 2.24) is 5.32 Å². The van der Waals surface area contributed by atoms with Gasteiger partial charge in [0.1, 0.15) is 0 Å². The minimum Gasteiger partial charge on any atom is -0.371 e. The maximum atomic E-state index is 13.0. The fourth-order valence-electron chi connectivity index (χ4n) is 4.31. The molecule has 176 valence electrons. The Bertz CT molecular complexity index is 1130. The van der Waals surface area contributed by atoms with Gasteiger partial charge in [-0.05, 0) is 74.1 Å². The Balaban J connectivity index is 1.54. The van der Waals surface area contributed by atoms with Crippen LogP contribution in [0.2, 0.25) is 0 Å². The molecule has 0 unspecified atom stereocenters. The van der Waals surface area contributed by atoms with Crippen molar-refractivity contribution in [3.05, 3.63) is 83.9 Å². The van der Waals surface area contributed by atoms with Crippen LogP contribution < -0.4 is 15.5 Å². The molecule has 3 aromatic rings. The van der Waals surface area contributed by atoms with Gasteiger partial charge in [0, 0.05) is 36.1 Å². The lowest BCUT2D eigenvalue weighted by atomic mass is 9.97. The molecule has 5 nitrogen and oxygen atoms in total. The van der Waals surface area contributed by atoms with E-state index in [4.69, 9.17) is 0 Å². The zero-order valence-corrected chi connectivity index (χ0v) is 20.2. The Morgan fingerprint density at radius 1 is 0.853 bits per heavy atom. The third-order valence-corrected chi connectivity index (χ3v) is 6.30. The molecule has 0 aromatic heterocycles. The smallest absolute Gasteiger partial charge is 0.255 e. The van der Waals surface area contributed by atoms with Crippen LogP contribution in [0.15, 0.2) is 72.8 Å². The lowest BCUT2D eigenvalue weighted by molar-refractivity contribution is 0.0942. The van der Waals surface area contributed by atoms with E-state index in [-0.39, 0.29) is 17.9 Å². The van der Waals surface area contributed by atoms with Gasteiger partial charge in [0.2, 0.25) is 0 Å². The monoisotopic (exact) mass is 455 g/mol. The van der Waals surface area contributed by atoms with Crippen molar-refractivity contribution in [2.24, 2.45) is 5.92 Å². The van der Waals surface area contributed by atoms with Gasteiger partial charge in [-0.2, -0.15) is 0 Å². The standard InChI is InChI=1S/C29H33N3O2/c1-20(2)30-29(34)26-19-25(13-14-27(26)32-17-15-21(3)16-18-32)31-28(33)24-11-9-23(10-12-24)22-7-5-4-6-8-22/h4-14,19-21H,15-18H2,1-3H3,(H,30,34)(H,31,33). The molecule has 0 atom stereocenters. The van der Waals surface area contributed by atoms with Crippen molar-refractivity contribution in [2.75, 3.05) is 23.3 Å². The number of rotatable bonds is 6. The minimum absolute atomic E-state index is 0.0307. The van der Waals surface area contributed by atoms with Crippen molar-refractivity contribution in [1.29, 1.82) is 0 Å². The number of carbonyl (C=O) groups is 2. The molecule has 1 saturated heterocycles. The molecule has 34 heavy (non-hydrogen) atoms. The SMILES string of the molecule is CC1CCN(c2ccc(NC(=O)c3ccc(-c4ccccc4)cc3)cc2C(=O)NC(C)C)CC1. The second kappa shape index (κ2) is 10.6. The van der Waals surface area contributed by atoms with Gasteiger partial charge < -0.3 is 15.5 Å². The van der Waals surface area contributed by atoms with Crippen LogP contribution in [0.4, 0.5) is 11.4 Å². The Morgan fingerprint density at radius 3 is 2.15 bits per heavy atom. The average molecular weight is 456 g/mol. The van der Waals surface area contributed by atoms with Gasteiger partial charge in [0.15, 0.2) is 0 Å². The summed E-state index contributed by atoms with van der Waals surface area (Å²) in [6, 6.07) is 23.3. The van der Waals surface area contributed by atoms with E-state index in [0.29, 0.717) is 22.7 Å². The van der Waals surface area contributed by atoms with Crippen molar-refractivity contribution < 1.29 is 9.59 Å². The van der Waals surface area contributed by atoms with Gasteiger partial charge in [-0.25, -0.2) is 0 Å². The molecule has 1 heterocycles. The second-order valence-electron chi connectivity index (χ2n) is 9.43. The van der Waals surface area contributed by atoms with E-state index in [0.717, 1.165) is 42.7 Å². The summed E-state index contributed by atoms with van der Waals surface area (Å²) in [5.41, 5.74) is 4.88. The Morgan fingerprint density at radius 2 is 1.50 bits per heavy atom. The highest BCUT2D eigenvalue weighted by atomic mass is 16.2. The largest absolute Gasteiger partial charge is 0.371 e. The molecular formula is C29H33N3O2. The molecule has 1 fully saturated rings. The molecule has 0 radical (unpaired) electrons. The molecule has 0 aliphatic carbocycles. The number of amides is 2. The number of carbonyl (C=O) groups excluding carboxylic acids is 2. The number of benzene rings is 3. The molecule has 2 N–H and O–H groups in total. The molecule has 2 amide bonds. The molecule has 0 saturated carbocycles. The van der Waals surface area contributed by atoms with Crippen LogP contribution in [0.5, 0.6) is 0 Å². The maximum Gasteiger partial charge on any atom is 0.255 e. The van der Waals surface area contributed by atoms with E-state index in [2.05, 4.69) is 22.5 Å². The van der Waals surface area contributed by atoms with Crippen molar-refractivity contribution in [2.45, 2.75) is 39.7 Å². The van der Waals surface area contributed by atoms with Crippen molar-refractivity contribution in [3.63, 3.8) is 0 Å². The number of piperidine rings is 1. The first-order valence-electron chi connectivity index (χ1n) is 12.1. The third kappa shape index (κ3) is 5.66. The average Bonchev–Trinajstić information content (AvgIpc) is 2.85. The summed E-state index contributed by atoms with van der Waals surface area (Å²) in [6.45, 7) is 8.04. The molecule has 1 aliphatic rings. The van der Waals surface area contributed by atoms with E-state index in [1.54, 1.807) is 6.07 Å². The summed E-state index contributed by atoms with van der Waals surface area (Å²) in [6.07, 6.45) is 2.23. The Hall–Kier alpha value is -3.60. The van der Waals surface area contributed by atoms with E-state index in [1.165, 1.54) is 0 Å². The van der Waals surface area contributed by atoms with E-state index < -0.39 is 0 Å². The number of hydrogen-bond donors (Lipinski definition) is 2. The Labute approximate surface area is 202 Å². The van der Waals surface area contributed by atoms with E-state index >= 15 is 0 Å². The summed E-state index contributed by atoms with van der Waals surface area (Å²) in [5, 5.41) is 5.97. The number of hydrogen-bond acceptors (Lipinski definition) is 3. The van der Waals surface area contributed by atoms with Gasteiger partial charge in [-0.3, -0.25) is 9.59 Å². The van der Waals surface area contributed by atoms with Gasteiger partial charge in [0.25, 0.3) is 11.8 Å². The predicted octanol–water partition coefficient (Wildman–Crippen LogP) is 5.98. The molecular weight excluding hydrogens is 422 g/mol. The quantitative estimate of drug-likeness (QED) is 0.481. The topological polar surface area (TPSA) is 61.4 Å². The highest BCUT2D eigenvalue weighted by Crippen LogP contribution is 2.29. The van der Waals surface area contributed by atoms with Crippen LogP contribution in [-0.4, -0.2) is 30.9 Å². The van der Waals surface area contributed by atoms with Crippen LogP contribution in [0.1, 0.15) is 54.3 Å². The highest BCUT2D eigenvalue weighted by Gasteiger charge is 2.22. The first-order chi connectivity index (χ1) is 16.4. The first kappa shape index (κ1) is 23.6. The summed E-state index contributed by atoms with van der Waals surface area (Å²) < 4.78 is 0.